The van der Waals surface area contributed by atoms with Crippen LogP contribution in [0.5, 0.6) is 0 Å². The molecule has 4 atom stereocenters. The molecule has 0 N–H and O–H groups in total. The second-order valence-electron chi connectivity index (χ2n) is 8.64. The molecule has 0 saturated carbocycles. The first-order valence-corrected chi connectivity index (χ1v) is 12.7. The number of benzene rings is 1. The van der Waals surface area contributed by atoms with Crippen molar-refractivity contribution < 1.29 is 28.5 Å². The molecule has 0 bridgehead atoms. The lowest BCUT2D eigenvalue weighted by Crippen LogP contribution is -2.35. The fraction of sp³-hybridized carbons (Fsp3) is 0.704. The standard InChI is InChI=1S/C27H42O6/c1-5-9-10-14-17-23-21(19-24(33-23)30-6-2)18-22(20-15-12-11-13-16-20)25(26(28)31-7-3)27(29)32-8-4/h11-13,15-16,21-25H,5-10,14,17-19H2,1-4H3/t21-,22?,23+,24?/m1/s1. The summed E-state index contributed by atoms with van der Waals surface area (Å²) < 4.78 is 22.7. The van der Waals surface area contributed by atoms with Gasteiger partial charge in [0.2, 0.25) is 0 Å². The number of carbonyl (C=O) groups is 2. The molecule has 0 spiro atoms. The van der Waals surface area contributed by atoms with E-state index in [0.717, 1.165) is 24.8 Å². The Labute approximate surface area is 199 Å². The van der Waals surface area contributed by atoms with Gasteiger partial charge in [0.15, 0.2) is 12.2 Å². The summed E-state index contributed by atoms with van der Waals surface area (Å²) in [6, 6.07) is 9.76. The number of rotatable bonds is 15. The third kappa shape index (κ3) is 8.42. The molecule has 1 heterocycles. The van der Waals surface area contributed by atoms with Crippen molar-refractivity contribution in [1.29, 1.82) is 0 Å². The summed E-state index contributed by atoms with van der Waals surface area (Å²) >= 11 is 0. The normalized spacial score (nSPS) is 21.2. The van der Waals surface area contributed by atoms with E-state index >= 15 is 0 Å². The molecule has 0 aromatic heterocycles. The molecule has 1 fully saturated rings. The minimum Gasteiger partial charge on any atom is -0.465 e. The van der Waals surface area contributed by atoms with Crippen LogP contribution >= 0.6 is 0 Å². The summed E-state index contributed by atoms with van der Waals surface area (Å²) in [7, 11) is 0. The van der Waals surface area contributed by atoms with E-state index in [9.17, 15) is 9.59 Å². The average Bonchev–Trinajstić information content (AvgIpc) is 3.18. The van der Waals surface area contributed by atoms with Crippen molar-refractivity contribution in [1.82, 2.24) is 0 Å². The molecule has 1 aromatic carbocycles. The van der Waals surface area contributed by atoms with Crippen LogP contribution in [0.15, 0.2) is 30.3 Å². The van der Waals surface area contributed by atoms with Gasteiger partial charge in [0.1, 0.15) is 0 Å². The second-order valence-corrected chi connectivity index (χ2v) is 8.64. The molecule has 1 saturated heterocycles. The molecule has 33 heavy (non-hydrogen) atoms. The quantitative estimate of drug-likeness (QED) is 0.191. The molecule has 0 aliphatic carbocycles. The van der Waals surface area contributed by atoms with Gasteiger partial charge in [0, 0.05) is 18.9 Å². The van der Waals surface area contributed by atoms with E-state index in [0.29, 0.717) is 13.0 Å². The van der Waals surface area contributed by atoms with Crippen LogP contribution in [0.4, 0.5) is 0 Å². The molecular weight excluding hydrogens is 420 g/mol. The Morgan fingerprint density at radius 3 is 2.18 bits per heavy atom. The molecule has 6 heteroatoms. The molecule has 6 nitrogen and oxygen atoms in total. The zero-order valence-electron chi connectivity index (χ0n) is 20.8. The number of unbranched alkanes of at least 4 members (excludes halogenated alkanes) is 3. The summed E-state index contributed by atoms with van der Waals surface area (Å²) in [5.74, 6) is -2.22. The van der Waals surface area contributed by atoms with Gasteiger partial charge in [-0.1, -0.05) is 62.9 Å². The van der Waals surface area contributed by atoms with Gasteiger partial charge in [0.25, 0.3) is 0 Å². The van der Waals surface area contributed by atoms with Gasteiger partial charge in [-0.15, -0.1) is 0 Å². The fourth-order valence-corrected chi connectivity index (χ4v) is 4.76. The van der Waals surface area contributed by atoms with Crippen LogP contribution in [0.1, 0.15) is 84.1 Å². The molecular formula is C27H42O6. The minimum atomic E-state index is -1.00. The maximum Gasteiger partial charge on any atom is 0.320 e. The van der Waals surface area contributed by atoms with Crippen LogP contribution in [0.2, 0.25) is 0 Å². The van der Waals surface area contributed by atoms with Crippen LogP contribution in [-0.2, 0) is 28.5 Å². The Morgan fingerprint density at radius 1 is 0.939 bits per heavy atom. The molecule has 0 radical (unpaired) electrons. The maximum atomic E-state index is 13.0. The second kappa shape index (κ2) is 15.1. The highest BCUT2D eigenvalue weighted by atomic mass is 16.7. The van der Waals surface area contributed by atoms with Crippen molar-refractivity contribution in [2.45, 2.75) is 91.0 Å². The van der Waals surface area contributed by atoms with E-state index in [1.54, 1.807) is 13.8 Å². The van der Waals surface area contributed by atoms with E-state index in [4.69, 9.17) is 18.9 Å². The van der Waals surface area contributed by atoms with E-state index in [-0.39, 0.29) is 37.4 Å². The number of hydrogen-bond acceptors (Lipinski definition) is 6. The van der Waals surface area contributed by atoms with Gasteiger partial charge in [-0.2, -0.15) is 0 Å². The van der Waals surface area contributed by atoms with Gasteiger partial charge in [-0.25, -0.2) is 0 Å². The lowest BCUT2D eigenvalue weighted by molar-refractivity contribution is -0.163. The van der Waals surface area contributed by atoms with Crippen molar-refractivity contribution >= 4 is 11.9 Å². The van der Waals surface area contributed by atoms with E-state index in [1.807, 2.05) is 37.3 Å². The van der Waals surface area contributed by atoms with Gasteiger partial charge < -0.3 is 18.9 Å². The number of hydrogen-bond donors (Lipinski definition) is 0. The van der Waals surface area contributed by atoms with Crippen molar-refractivity contribution in [3.63, 3.8) is 0 Å². The zero-order valence-corrected chi connectivity index (χ0v) is 20.8. The molecule has 186 valence electrons. The summed E-state index contributed by atoms with van der Waals surface area (Å²) in [6.07, 6.45) is 6.84. The van der Waals surface area contributed by atoms with Crippen LogP contribution in [-0.4, -0.2) is 44.2 Å². The van der Waals surface area contributed by atoms with Crippen molar-refractivity contribution in [3.8, 4) is 0 Å². The Bertz CT molecular complexity index is 673. The zero-order chi connectivity index (χ0) is 24.1. The Hall–Kier alpha value is -1.92. The fourth-order valence-electron chi connectivity index (χ4n) is 4.76. The number of ether oxygens (including phenoxy) is 4. The molecule has 2 unspecified atom stereocenters. The third-order valence-electron chi connectivity index (χ3n) is 6.31. The SMILES string of the molecule is CCCCCC[C@@H]1OC(OCC)C[C@H]1CC(c1ccccc1)C(C(=O)OCC)C(=O)OCC. The molecule has 2 rings (SSSR count). The average molecular weight is 463 g/mol. The molecule has 1 aliphatic rings. The highest BCUT2D eigenvalue weighted by Gasteiger charge is 2.43. The largest absolute Gasteiger partial charge is 0.465 e. The summed E-state index contributed by atoms with van der Waals surface area (Å²) in [4.78, 5) is 25.9. The van der Waals surface area contributed by atoms with Crippen molar-refractivity contribution in [2.75, 3.05) is 19.8 Å². The van der Waals surface area contributed by atoms with Crippen LogP contribution in [0.25, 0.3) is 0 Å². The highest BCUT2D eigenvalue weighted by Crippen LogP contribution is 2.41. The first-order valence-electron chi connectivity index (χ1n) is 12.7. The smallest absolute Gasteiger partial charge is 0.320 e. The predicted octanol–water partition coefficient (Wildman–Crippen LogP) is 5.64. The van der Waals surface area contributed by atoms with Crippen LogP contribution in [0.3, 0.4) is 0 Å². The van der Waals surface area contributed by atoms with E-state index < -0.39 is 17.9 Å². The first kappa shape index (κ1) is 27.3. The Balaban J connectivity index is 2.30. The van der Waals surface area contributed by atoms with Crippen LogP contribution in [0, 0.1) is 11.8 Å². The van der Waals surface area contributed by atoms with E-state index in [1.165, 1.54) is 19.3 Å². The topological polar surface area (TPSA) is 71.1 Å². The number of esters is 2. The van der Waals surface area contributed by atoms with Crippen LogP contribution < -0.4 is 0 Å². The number of carbonyl (C=O) groups excluding carboxylic acids is 2. The van der Waals surface area contributed by atoms with Gasteiger partial charge in [0.05, 0.1) is 19.3 Å². The Kier molecular flexibility index (Phi) is 12.5. The Morgan fingerprint density at radius 2 is 1.61 bits per heavy atom. The third-order valence-corrected chi connectivity index (χ3v) is 6.31. The van der Waals surface area contributed by atoms with Crippen molar-refractivity contribution in [3.05, 3.63) is 35.9 Å². The monoisotopic (exact) mass is 462 g/mol. The van der Waals surface area contributed by atoms with Crippen molar-refractivity contribution in [2.24, 2.45) is 11.8 Å². The first-order chi connectivity index (χ1) is 16.0. The predicted molar refractivity (Wildman–Crippen MR) is 128 cm³/mol. The minimum absolute atomic E-state index is 0.0506. The van der Waals surface area contributed by atoms with Gasteiger partial charge >= 0.3 is 11.9 Å². The van der Waals surface area contributed by atoms with E-state index in [2.05, 4.69) is 6.92 Å². The highest BCUT2D eigenvalue weighted by molar-refractivity contribution is 5.96. The maximum absolute atomic E-state index is 13.0. The van der Waals surface area contributed by atoms with Gasteiger partial charge in [-0.05, 0) is 45.1 Å². The molecule has 1 aliphatic heterocycles. The van der Waals surface area contributed by atoms with Gasteiger partial charge in [-0.3, -0.25) is 9.59 Å². The lowest BCUT2D eigenvalue weighted by atomic mass is 9.77. The lowest BCUT2D eigenvalue weighted by Gasteiger charge is -2.28. The summed E-state index contributed by atoms with van der Waals surface area (Å²) in [5, 5.41) is 0. The summed E-state index contributed by atoms with van der Waals surface area (Å²) in [5.41, 5.74) is 0.938. The summed E-state index contributed by atoms with van der Waals surface area (Å²) in [6.45, 7) is 8.70. The molecule has 1 aromatic rings. The molecule has 0 amide bonds.